The van der Waals surface area contributed by atoms with E-state index < -0.39 is 4.92 Å². The van der Waals surface area contributed by atoms with E-state index in [1.54, 1.807) is 0 Å². The van der Waals surface area contributed by atoms with Crippen LogP contribution in [0, 0.1) is 10.1 Å². The predicted octanol–water partition coefficient (Wildman–Crippen LogP) is 3.96. The number of aromatic amines is 1. The molecule has 0 atom stereocenters. The molecule has 0 amide bonds. The molecular formula is C17H18N6O2. The molecule has 4 rings (SSSR count). The van der Waals surface area contributed by atoms with E-state index in [9.17, 15) is 10.1 Å². The summed E-state index contributed by atoms with van der Waals surface area (Å²) in [6.07, 6.45) is 7.42. The van der Waals surface area contributed by atoms with Crippen LogP contribution in [0.15, 0.2) is 36.7 Å². The average molecular weight is 338 g/mol. The van der Waals surface area contributed by atoms with Crippen LogP contribution in [0.1, 0.15) is 25.7 Å². The van der Waals surface area contributed by atoms with Crippen molar-refractivity contribution in [3.8, 4) is 0 Å². The first kappa shape index (κ1) is 15.4. The van der Waals surface area contributed by atoms with Crippen LogP contribution in [0.4, 0.5) is 23.1 Å². The van der Waals surface area contributed by atoms with Gasteiger partial charge in [0.2, 0.25) is 11.8 Å². The smallest absolute Gasteiger partial charge is 0.329 e. The fourth-order valence-electron chi connectivity index (χ4n) is 3.20. The van der Waals surface area contributed by atoms with E-state index in [4.69, 9.17) is 0 Å². The Morgan fingerprint density at radius 3 is 2.88 bits per heavy atom. The Kier molecular flexibility index (Phi) is 3.93. The second kappa shape index (κ2) is 6.39. The zero-order chi connectivity index (χ0) is 17.2. The first-order valence-corrected chi connectivity index (χ1v) is 8.31. The fraction of sp³-hybridized carbons (Fsp3) is 0.294. The molecule has 0 aliphatic heterocycles. The number of hydrogen-bond acceptors (Lipinski definition) is 6. The summed E-state index contributed by atoms with van der Waals surface area (Å²) >= 11 is 0. The number of benzene rings is 1. The molecule has 25 heavy (non-hydrogen) atoms. The number of nitrogens with one attached hydrogen (secondary N) is 3. The predicted molar refractivity (Wildman–Crippen MR) is 96.1 cm³/mol. The Morgan fingerprint density at radius 1 is 1.24 bits per heavy atom. The average Bonchev–Trinajstić information content (AvgIpc) is 3.26. The number of anilines is 3. The summed E-state index contributed by atoms with van der Waals surface area (Å²) in [4.78, 5) is 22.4. The molecule has 3 N–H and O–H groups in total. The highest BCUT2D eigenvalue weighted by molar-refractivity contribution is 5.83. The van der Waals surface area contributed by atoms with Crippen LogP contribution in [-0.2, 0) is 0 Å². The lowest BCUT2D eigenvalue weighted by atomic mass is 10.2. The lowest BCUT2D eigenvalue weighted by molar-refractivity contribution is -0.384. The molecule has 8 heteroatoms. The minimum absolute atomic E-state index is 0.0986. The standard InChI is InChI=1S/C17H18N6O2/c24-23(25)15-10-19-17(22-16(15)20-12-3-1-2-4-12)21-13-5-6-14-11(9-13)7-8-18-14/h5-10,12,18H,1-4H2,(H2,19,20,21,22). The van der Waals surface area contributed by atoms with E-state index in [-0.39, 0.29) is 17.5 Å². The summed E-state index contributed by atoms with van der Waals surface area (Å²) in [5, 5.41) is 18.6. The molecule has 2 heterocycles. The number of fused-ring (bicyclic) bond motifs is 1. The minimum atomic E-state index is -0.451. The van der Waals surface area contributed by atoms with Gasteiger partial charge in [-0.2, -0.15) is 4.98 Å². The van der Waals surface area contributed by atoms with Crippen molar-refractivity contribution in [1.82, 2.24) is 15.0 Å². The Bertz CT molecular complexity index is 916. The maximum atomic E-state index is 11.2. The van der Waals surface area contributed by atoms with Crippen LogP contribution in [-0.4, -0.2) is 25.9 Å². The van der Waals surface area contributed by atoms with Gasteiger partial charge >= 0.3 is 5.69 Å². The first-order valence-electron chi connectivity index (χ1n) is 8.31. The molecule has 0 unspecified atom stereocenters. The van der Waals surface area contributed by atoms with Crippen molar-refractivity contribution in [2.45, 2.75) is 31.7 Å². The third kappa shape index (κ3) is 3.23. The van der Waals surface area contributed by atoms with Gasteiger partial charge in [-0.1, -0.05) is 12.8 Å². The van der Waals surface area contributed by atoms with Gasteiger partial charge in [-0.3, -0.25) is 10.1 Å². The number of nitro groups is 1. The zero-order valence-corrected chi connectivity index (χ0v) is 13.5. The molecule has 1 saturated carbocycles. The highest BCUT2D eigenvalue weighted by Crippen LogP contribution is 2.28. The van der Waals surface area contributed by atoms with Crippen molar-refractivity contribution in [3.63, 3.8) is 0 Å². The Hall–Kier alpha value is -3.16. The van der Waals surface area contributed by atoms with Gasteiger partial charge in [0.25, 0.3) is 0 Å². The molecular weight excluding hydrogens is 320 g/mol. The number of hydrogen-bond donors (Lipinski definition) is 3. The molecule has 0 saturated heterocycles. The second-order valence-corrected chi connectivity index (χ2v) is 6.21. The topological polar surface area (TPSA) is 109 Å². The molecule has 1 aromatic carbocycles. The van der Waals surface area contributed by atoms with Gasteiger partial charge in [0.15, 0.2) is 0 Å². The minimum Gasteiger partial charge on any atom is -0.361 e. The summed E-state index contributed by atoms with van der Waals surface area (Å²) < 4.78 is 0. The molecule has 1 fully saturated rings. The molecule has 2 aromatic heterocycles. The third-order valence-electron chi connectivity index (χ3n) is 4.47. The third-order valence-corrected chi connectivity index (χ3v) is 4.47. The number of H-pyrrole nitrogens is 1. The second-order valence-electron chi connectivity index (χ2n) is 6.21. The Labute approximate surface area is 143 Å². The van der Waals surface area contributed by atoms with Gasteiger partial charge < -0.3 is 15.6 Å². The normalized spacial score (nSPS) is 14.7. The van der Waals surface area contributed by atoms with E-state index in [1.807, 2.05) is 30.5 Å². The molecule has 0 bridgehead atoms. The van der Waals surface area contributed by atoms with Crippen LogP contribution in [0.3, 0.4) is 0 Å². The lowest BCUT2D eigenvalue weighted by Crippen LogP contribution is -2.17. The van der Waals surface area contributed by atoms with Gasteiger partial charge in [-0.05, 0) is 37.1 Å². The highest BCUT2D eigenvalue weighted by atomic mass is 16.6. The van der Waals surface area contributed by atoms with Gasteiger partial charge in [0.1, 0.15) is 6.20 Å². The zero-order valence-electron chi connectivity index (χ0n) is 13.5. The van der Waals surface area contributed by atoms with Crippen LogP contribution in [0.25, 0.3) is 10.9 Å². The summed E-state index contributed by atoms with van der Waals surface area (Å²) in [7, 11) is 0. The lowest BCUT2D eigenvalue weighted by Gasteiger charge is -2.13. The van der Waals surface area contributed by atoms with Crippen molar-refractivity contribution in [2.24, 2.45) is 0 Å². The van der Waals surface area contributed by atoms with E-state index in [1.165, 1.54) is 6.20 Å². The molecule has 128 valence electrons. The number of nitrogens with zero attached hydrogens (tertiary/aromatic N) is 3. The van der Waals surface area contributed by atoms with Gasteiger partial charge in [-0.25, -0.2) is 4.98 Å². The summed E-state index contributed by atoms with van der Waals surface area (Å²) in [5.41, 5.74) is 1.77. The number of rotatable bonds is 5. The van der Waals surface area contributed by atoms with E-state index in [2.05, 4.69) is 25.6 Å². The first-order chi connectivity index (χ1) is 12.2. The maximum absolute atomic E-state index is 11.2. The van der Waals surface area contributed by atoms with Crippen molar-refractivity contribution < 1.29 is 4.92 Å². The van der Waals surface area contributed by atoms with Crippen molar-refractivity contribution in [1.29, 1.82) is 0 Å². The maximum Gasteiger partial charge on any atom is 0.329 e. The Morgan fingerprint density at radius 2 is 2.08 bits per heavy atom. The molecule has 8 nitrogen and oxygen atoms in total. The van der Waals surface area contributed by atoms with Crippen molar-refractivity contribution >= 4 is 34.0 Å². The van der Waals surface area contributed by atoms with Crippen molar-refractivity contribution in [3.05, 3.63) is 46.8 Å². The SMILES string of the molecule is O=[N+]([O-])c1cnc(Nc2ccc3[nH]ccc3c2)nc1NC1CCCC1. The molecule has 0 radical (unpaired) electrons. The van der Waals surface area contributed by atoms with Gasteiger partial charge in [-0.15, -0.1) is 0 Å². The van der Waals surface area contributed by atoms with Crippen LogP contribution < -0.4 is 10.6 Å². The monoisotopic (exact) mass is 338 g/mol. The number of aromatic nitrogens is 3. The van der Waals surface area contributed by atoms with Crippen molar-refractivity contribution in [2.75, 3.05) is 10.6 Å². The molecule has 1 aliphatic rings. The highest BCUT2D eigenvalue weighted by Gasteiger charge is 2.22. The Balaban J connectivity index is 1.61. The van der Waals surface area contributed by atoms with E-state index >= 15 is 0 Å². The van der Waals surface area contributed by atoms with E-state index in [0.29, 0.717) is 5.95 Å². The summed E-state index contributed by atoms with van der Waals surface area (Å²) in [6.45, 7) is 0. The summed E-state index contributed by atoms with van der Waals surface area (Å²) in [6, 6.07) is 8.05. The van der Waals surface area contributed by atoms with Crippen LogP contribution in [0.2, 0.25) is 0 Å². The van der Waals surface area contributed by atoms with Gasteiger partial charge in [0.05, 0.1) is 4.92 Å². The quantitative estimate of drug-likeness (QED) is 0.480. The van der Waals surface area contributed by atoms with Crippen LogP contribution >= 0.6 is 0 Å². The fourth-order valence-corrected chi connectivity index (χ4v) is 3.20. The largest absolute Gasteiger partial charge is 0.361 e. The molecule has 0 spiro atoms. The van der Waals surface area contributed by atoms with Gasteiger partial charge in [0, 0.05) is 28.8 Å². The summed E-state index contributed by atoms with van der Waals surface area (Å²) in [5.74, 6) is 0.609. The van der Waals surface area contributed by atoms with E-state index in [0.717, 1.165) is 42.3 Å². The molecule has 1 aliphatic carbocycles. The van der Waals surface area contributed by atoms with Crippen LogP contribution in [0.5, 0.6) is 0 Å². The molecule has 3 aromatic rings.